The van der Waals surface area contributed by atoms with Gasteiger partial charge in [0, 0.05) is 0 Å². The van der Waals surface area contributed by atoms with Crippen molar-refractivity contribution >= 4 is 0 Å². The molecule has 0 fully saturated rings. The third-order valence-corrected chi connectivity index (χ3v) is 2.95. The molecule has 17 heavy (non-hydrogen) atoms. The number of hydrogen-bond donors (Lipinski definition) is 3. The van der Waals surface area contributed by atoms with E-state index in [-0.39, 0.29) is 17.2 Å². The van der Waals surface area contributed by atoms with E-state index < -0.39 is 0 Å². The summed E-state index contributed by atoms with van der Waals surface area (Å²) in [6.45, 7) is 3.63. The highest BCUT2D eigenvalue weighted by Crippen LogP contribution is 2.41. The molecule has 0 atom stereocenters. The molecule has 0 aliphatic carbocycles. The summed E-state index contributed by atoms with van der Waals surface area (Å²) in [5.74, 6) is 0.265. The van der Waals surface area contributed by atoms with Gasteiger partial charge in [-0.3, -0.25) is 0 Å². The minimum Gasteiger partial charge on any atom is -0.508 e. The maximum absolute atomic E-state index is 10.1. The lowest BCUT2D eigenvalue weighted by Crippen LogP contribution is -1.87. The molecule has 0 aromatic heterocycles. The van der Waals surface area contributed by atoms with Crippen molar-refractivity contribution in [2.75, 3.05) is 0 Å². The molecule has 0 saturated carbocycles. The number of rotatable bonds is 1. The van der Waals surface area contributed by atoms with Crippen molar-refractivity contribution in [3.63, 3.8) is 0 Å². The lowest BCUT2D eigenvalue weighted by molar-refractivity contribution is 0.450. The zero-order valence-electron chi connectivity index (χ0n) is 9.73. The highest BCUT2D eigenvalue weighted by atomic mass is 16.3. The van der Waals surface area contributed by atoms with Gasteiger partial charge >= 0.3 is 0 Å². The third kappa shape index (κ3) is 1.91. The van der Waals surface area contributed by atoms with Gasteiger partial charge in [-0.2, -0.15) is 0 Å². The Morgan fingerprint density at radius 1 is 0.882 bits per heavy atom. The zero-order chi connectivity index (χ0) is 12.6. The monoisotopic (exact) mass is 230 g/mol. The van der Waals surface area contributed by atoms with Crippen LogP contribution >= 0.6 is 0 Å². The molecule has 0 heterocycles. The van der Waals surface area contributed by atoms with Crippen molar-refractivity contribution in [1.82, 2.24) is 0 Å². The summed E-state index contributed by atoms with van der Waals surface area (Å²) in [7, 11) is 0. The molecule has 3 heteroatoms. The van der Waals surface area contributed by atoms with Crippen LogP contribution in [-0.4, -0.2) is 15.3 Å². The SMILES string of the molecule is Cc1cc(O)c(-c2ccc(O)cc2)c(O)c1C. The van der Waals surface area contributed by atoms with Gasteiger partial charge in [-0.1, -0.05) is 12.1 Å². The fraction of sp³-hybridized carbons (Fsp3) is 0.143. The van der Waals surface area contributed by atoms with Gasteiger partial charge in [0.05, 0.1) is 5.56 Å². The Balaban J connectivity index is 2.67. The van der Waals surface area contributed by atoms with Gasteiger partial charge in [-0.25, -0.2) is 0 Å². The molecule has 0 bridgehead atoms. The van der Waals surface area contributed by atoms with Crippen molar-refractivity contribution < 1.29 is 15.3 Å². The Kier molecular flexibility index (Phi) is 2.68. The minimum atomic E-state index is 0.0382. The largest absolute Gasteiger partial charge is 0.508 e. The molecule has 0 spiro atoms. The summed E-state index contributed by atoms with van der Waals surface area (Å²) in [6.07, 6.45) is 0. The maximum Gasteiger partial charge on any atom is 0.130 e. The fourth-order valence-corrected chi connectivity index (χ4v) is 1.79. The van der Waals surface area contributed by atoms with Crippen LogP contribution in [0.3, 0.4) is 0 Å². The van der Waals surface area contributed by atoms with Gasteiger partial charge in [-0.15, -0.1) is 0 Å². The van der Waals surface area contributed by atoms with E-state index in [4.69, 9.17) is 0 Å². The Morgan fingerprint density at radius 3 is 2.06 bits per heavy atom. The van der Waals surface area contributed by atoms with Crippen molar-refractivity contribution in [2.24, 2.45) is 0 Å². The smallest absolute Gasteiger partial charge is 0.130 e. The average Bonchev–Trinajstić information content (AvgIpc) is 2.29. The standard InChI is InChI=1S/C14H14O3/c1-8-7-12(16)13(14(17)9(8)2)10-3-5-11(15)6-4-10/h3-7,15-17H,1-2H3. The Bertz CT molecular complexity index is 557. The summed E-state index contributed by atoms with van der Waals surface area (Å²) < 4.78 is 0. The van der Waals surface area contributed by atoms with Gasteiger partial charge in [-0.05, 0) is 48.7 Å². The van der Waals surface area contributed by atoms with Crippen LogP contribution in [0.15, 0.2) is 30.3 Å². The second kappa shape index (κ2) is 4.01. The van der Waals surface area contributed by atoms with E-state index in [1.54, 1.807) is 25.1 Å². The summed E-state index contributed by atoms with van der Waals surface area (Å²) >= 11 is 0. The lowest BCUT2D eigenvalue weighted by atomic mass is 9.97. The van der Waals surface area contributed by atoms with Crippen LogP contribution in [0.4, 0.5) is 0 Å². The molecule has 3 N–H and O–H groups in total. The van der Waals surface area contributed by atoms with Crippen molar-refractivity contribution in [2.45, 2.75) is 13.8 Å². The highest BCUT2D eigenvalue weighted by molar-refractivity contribution is 5.78. The van der Waals surface area contributed by atoms with E-state index in [9.17, 15) is 15.3 Å². The third-order valence-electron chi connectivity index (χ3n) is 2.95. The summed E-state index contributed by atoms with van der Waals surface area (Å²) in [5.41, 5.74) is 2.64. The van der Waals surface area contributed by atoms with E-state index in [0.29, 0.717) is 11.1 Å². The topological polar surface area (TPSA) is 60.7 Å². The van der Waals surface area contributed by atoms with Crippen LogP contribution in [0, 0.1) is 13.8 Å². The van der Waals surface area contributed by atoms with E-state index in [1.165, 1.54) is 12.1 Å². The fourth-order valence-electron chi connectivity index (χ4n) is 1.79. The predicted molar refractivity (Wildman–Crippen MR) is 66.3 cm³/mol. The van der Waals surface area contributed by atoms with Crippen LogP contribution in [0.25, 0.3) is 11.1 Å². The molecule has 88 valence electrons. The van der Waals surface area contributed by atoms with E-state index in [2.05, 4.69) is 0 Å². The molecule has 3 nitrogen and oxygen atoms in total. The molecule has 0 radical (unpaired) electrons. The van der Waals surface area contributed by atoms with Gasteiger partial charge in [0.2, 0.25) is 0 Å². The first-order valence-corrected chi connectivity index (χ1v) is 5.32. The van der Waals surface area contributed by atoms with Gasteiger partial charge in [0.15, 0.2) is 0 Å². The normalized spacial score (nSPS) is 10.5. The second-order valence-electron chi connectivity index (χ2n) is 4.11. The predicted octanol–water partition coefficient (Wildman–Crippen LogP) is 3.09. The molecule has 2 aromatic carbocycles. The molecule has 0 aliphatic rings. The Labute approximate surface area is 99.6 Å². The number of hydrogen-bond acceptors (Lipinski definition) is 3. The van der Waals surface area contributed by atoms with Gasteiger partial charge in [0.1, 0.15) is 17.2 Å². The molecule has 2 aromatic rings. The molecule has 2 rings (SSSR count). The molecule has 0 unspecified atom stereocenters. The molecule has 0 amide bonds. The summed E-state index contributed by atoms with van der Waals surface area (Å²) in [4.78, 5) is 0. The van der Waals surface area contributed by atoms with Crippen molar-refractivity contribution in [3.05, 3.63) is 41.5 Å². The van der Waals surface area contributed by atoms with Crippen LogP contribution in [0.5, 0.6) is 17.2 Å². The van der Waals surface area contributed by atoms with Crippen LogP contribution in [-0.2, 0) is 0 Å². The Morgan fingerprint density at radius 2 is 1.47 bits per heavy atom. The van der Waals surface area contributed by atoms with Crippen LogP contribution < -0.4 is 0 Å². The molecular weight excluding hydrogens is 216 g/mol. The number of phenols is 3. The summed E-state index contributed by atoms with van der Waals surface area (Å²) in [5, 5.41) is 29.2. The average molecular weight is 230 g/mol. The lowest BCUT2D eigenvalue weighted by Gasteiger charge is -2.12. The first-order chi connectivity index (χ1) is 8.00. The summed E-state index contributed by atoms with van der Waals surface area (Å²) in [6, 6.07) is 7.96. The van der Waals surface area contributed by atoms with E-state index >= 15 is 0 Å². The van der Waals surface area contributed by atoms with Gasteiger partial charge in [0.25, 0.3) is 0 Å². The van der Waals surface area contributed by atoms with E-state index in [0.717, 1.165) is 11.1 Å². The minimum absolute atomic E-state index is 0.0382. The number of benzene rings is 2. The molecule has 0 aliphatic heterocycles. The number of aryl methyl sites for hydroxylation is 1. The number of aromatic hydroxyl groups is 3. The first-order valence-electron chi connectivity index (χ1n) is 5.32. The van der Waals surface area contributed by atoms with E-state index in [1.807, 2.05) is 6.92 Å². The van der Waals surface area contributed by atoms with Crippen molar-refractivity contribution in [1.29, 1.82) is 0 Å². The van der Waals surface area contributed by atoms with Gasteiger partial charge < -0.3 is 15.3 Å². The molecular formula is C14H14O3. The second-order valence-corrected chi connectivity index (χ2v) is 4.11. The number of phenolic OH excluding ortho intramolecular Hbond substituents is 3. The van der Waals surface area contributed by atoms with Crippen LogP contribution in [0.2, 0.25) is 0 Å². The quantitative estimate of drug-likeness (QED) is 0.705. The highest BCUT2D eigenvalue weighted by Gasteiger charge is 2.14. The first kappa shape index (κ1) is 11.3. The van der Waals surface area contributed by atoms with Crippen molar-refractivity contribution in [3.8, 4) is 28.4 Å². The van der Waals surface area contributed by atoms with Crippen LogP contribution in [0.1, 0.15) is 11.1 Å². The Hall–Kier alpha value is -2.16. The zero-order valence-corrected chi connectivity index (χ0v) is 9.73. The maximum atomic E-state index is 10.1. The molecule has 0 saturated heterocycles.